The third-order valence-corrected chi connectivity index (χ3v) is 3.53. The quantitative estimate of drug-likeness (QED) is 0.661. The van der Waals surface area contributed by atoms with Gasteiger partial charge in [0.2, 0.25) is 0 Å². The van der Waals surface area contributed by atoms with Crippen LogP contribution in [0.2, 0.25) is 0 Å². The molecular formula is C14H20N2O3. The molecule has 1 heterocycles. The Balaban J connectivity index is 1.97. The highest BCUT2D eigenvalue weighted by Crippen LogP contribution is 2.25. The predicted molar refractivity (Wildman–Crippen MR) is 72.3 cm³/mol. The summed E-state index contributed by atoms with van der Waals surface area (Å²) in [6.07, 6.45) is 2.19. The maximum atomic E-state index is 12.0. The molecule has 5 nitrogen and oxygen atoms in total. The van der Waals surface area contributed by atoms with Crippen LogP contribution in [0.15, 0.2) is 18.2 Å². The van der Waals surface area contributed by atoms with Crippen LogP contribution in [-0.4, -0.2) is 35.8 Å². The minimum absolute atomic E-state index is 0.0623. The van der Waals surface area contributed by atoms with Crippen LogP contribution in [0.1, 0.15) is 30.1 Å². The van der Waals surface area contributed by atoms with Gasteiger partial charge in [0.25, 0.3) is 5.91 Å². The molecule has 0 spiro atoms. The third-order valence-electron chi connectivity index (χ3n) is 3.53. The zero-order chi connectivity index (χ0) is 13.9. The molecule has 1 aromatic carbocycles. The van der Waals surface area contributed by atoms with Gasteiger partial charge in [-0.05, 0) is 36.9 Å². The lowest BCUT2D eigenvalue weighted by Gasteiger charge is -2.34. The fourth-order valence-corrected chi connectivity index (χ4v) is 2.39. The number of phenolic OH excluding ortho intramolecular Hbond substituents is 2. The van der Waals surface area contributed by atoms with E-state index in [2.05, 4.69) is 17.6 Å². The van der Waals surface area contributed by atoms with E-state index in [9.17, 15) is 15.0 Å². The number of phenols is 2. The normalized spacial score (nSPS) is 23.0. The number of piperidine rings is 1. The summed E-state index contributed by atoms with van der Waals surface area (Å²) in [6, 6.07) is 3.89. The highest BCUT2D eigenvalue weighted by atomic mass is 16.3. The van der Waals surface area contributed by atoms with Gasteiger partial charge in [-0.3, -0.25) is 4.79 Å². The molecule has 0 bridgehead atoms. The Morgan fingerprint density at radius 1 is 1.37 bits per heavy atom. The van der Waals surface area contributed by atoms with Crippen LogP contribution in [0.25, 0.3) is 0 Å². The summed E-state index contributed by atoms with van der Waals surface area (Å²) in [5, 5.41) is 24.9. The van der Waals surface area contributed by atoms with Gasteiger partial charge in [-0.2, -0.15) is 0 Å². The lowest BCUT2D eigenvalue weighted by molar-refractivity contribution is 0.0924. The van der Waals surface area contributed by atoms with Crippen LogP contribution < -0.4 is 10.6 Å². The molecule has 0 saturated carbocycles. The SMILES string of the molecule is CC1(CNC(=O)c2cc(O)cc(O)c2)CCCNC1. The summed E-state index contributed by atoms with van der Waals surface area (Å²) in [5.74, 6) is -0.510. The van der Waals surface area contributed by atoms with Gasteiger partial charge >= 0.3 is 0 Å². The van der Waals surface area contributed by atoms with Crippen molar-refractivity contribution in [1.82, 2.24) is 10.6 Å². The minimum Gasteiger partial charge on any atom is -0.508 e. The highest BCUT2D eigenvalue weighted by molar-refractivity contribution is 5.95. The number of carbonyl (C=O) groups is 1. The molecule has 4 N–H and O–H groups in total. The lowest BCUT2D eigenvalue weighted by Crippen LogP contribution is -2.45. The topological polar surface area (TPSA) is 81.6 Å². The van der Waals surface area contributed by atoms with Crippen LogP contribution in [0.4, 0.5) is 0 Å². The zero-order valence-electron chi connectivity index (χ0n) is 11.1. The Morgan fingerprint density at radius 2 is 2.05 bits per heavy atom. The summed E-state index contributed by atoms with van der Waals surface area (Å²) in [5.41, 5.74) is 0.331. The second kappa shape index (κ2) is 5.48. The summed E-state index contributed by atoms with van der Waals surface area (Å²) in [6.45, 7) is 4.64. The summed E-state index contributed by atoms with van der Waals surface area (Å²) < 4.78 is 0. The number of hydrogen-bond acceptors (Lipinski definition) is 4. The first-order chi connectivity index (χ1) is 8.98. The van der Waals surface area contributed by atoms with E-state index in [1.54, 1.807) is 0 Å². The molecule has 1 atom stereocenters. The van der Waals surface area contributed by atoms with Crippen molar-refractivity contribution in [2.24, 2.45) is 5.41 Å². The molecule has 0 radical (unpaired) electrons. The molecule has 19 heavy (non-hydrogen) atoms. The maximum absolute atomic E-state index is 12.0. The van der Waals surface area contributed by atoms with Gasteiger partial charge < -0.3 is 20.8 Å². The Labute approximate surface area is 112 Å². The Bertz CT molecular complexity index is 448. The number of hydrogen-bond donors (Lipinski definition) is 4. The number of benzene rings is 1. The third kappa shape index (κ3) is 3.61. The highest BCUT2D eigenvalue weighted by Gasteiger charge is 2.27. The summed E-state index contributed by atoms with van der Waals surface area (Å²) in [4.78, 5) is 12.0. The van der Waals surface area contributed by atoms with Gasteiger partial charge in [0.15, 0.2) is 0 Å². The molecule has 1 unspecified atom stereocenters. The molecule has 2 rings (SSSR count). The van der Waals surface area contributed by atoms with Gasteiger partial charge in [0.05, 0.1) is 0 Å². The van der Waals surface area contributed by atoms with Crippen LogP contribution in [0, 0.1) is 5.41 Å². The first kappa shape index (κ1) is 13.7. The second-order valence-corrected chi connectivity index (χ2v) is 5.51. The average molecular weight is 264 g/mol. The van der Waals surface area contributed by atoms with Crippen molar-refractivity contribution in [2.75, 3.05) is 19.6 Å². The Morgan fingerprint density at radius 3 is 2.63 bits per heavy atom. The van der Waals surface area contributed by atoms with Crippen molar-refractivity contribution in [1.29, 1.82) is 0 Å². The molecule has 1 amide bonds. The van der Waals surface area contributed by atoms with Crippen molar-refractivity contribution in [3.05, 3.63) is 23.8 Å². The molecule has 1 saturated heterocycles. The summed E-state index contributed by atoms with van der Waals surface area (Å²) >= 11 is 0. The lowest BCUT2D eigenvalue weighted by atomic mass is 9.83. The van der Waals surface area contributed by atoms with Crippen LogP contribution >= 0.6 is 0 Å². The van der Waals surface area contributed by atoms with E-state index in [-0.39, 0.29) is 28.4 Å². The van der Waals surface area contributed by atoms with Crippen molar-refractivity contribution in [3.8, 4) is 11.5 Å². The Hall–Kier alpha value is -1.75. The molecule has 1 aliphatic heterocycles. The molecule has 1 aliphatic rings. The van der Waals surface area contributed by atoms with E-state index < -0.39 is 0 Å². The van der Waals surface area contributed by atoms with E-state index in [1.807, 2.05) is 0 Å². The molecule has 5 heteroatoms. The number of amides is 1. The van der Waals surface area contributed by atoms with Crippen LogP contribution in [-0.2, 0) is 0 Å². The number of rotatable bonds is 3. The largest absolute Gasteiger partial charge is 0.508 e. The first-order valence-corrected chi connectivity index (χ1v) is 6.50. The van der Waals surface area contributed by atoms with E-state index >= 15 is 0 Å². The van der Waals surface area contributed by atoms with E-state index in [0.717, 1.165) is 25.9 Å². The van der Waals surface area contributed by atoms with E-state index in [1.165, 1.54) is 18.2 Å². The molecule has 0 aliphatic carbocycles. The van der Waals surface area contributed by atoms with Crippen LogP contribution in [0.3, 0.4) is 0 Å². The Kier molecular flexibility index (Phi) is 3.95. The monoisotopic (exact) mass is 264 g/mol. The minimum atomic E-state index is -0.280. The van der Waals surface area contributed by atoms with E-state index in [0.29, 0.717) is 6.54 Å². The van der Waals surface area contributed by atoms with Crippen molar-refractivity contribution >= 4 is 5.91 Å². The van der Waals surface area contributed by atoms with Gasteiger partial charge in [-0.15, -0.1) is 0 Å². The number of nitrogens with one attached hydrogen (secondary N) is 2. The van der Waals surface area contributed by atoms with Crippen molar-refractivity contribution in [3.63, 3.8) is 0 Å². The van der Waals surface area contributed by atoms with Crippen LogP contribution in [0.5, 0.6) is 11.5 Å². The van der Waals surface area contributed by atoms with Gasteiger partial charge in [-0.25, -0.2) is 0 Å². The standard InChI is InChI=1S/C14H20N2O3/c1-14(3-2-4-15-8-14)9-16-13(19)10-5-11(17)7-12(18)6-10/h5-7,15,17-18H,2-4,8-9H2,1H3,(H,16,19). The second-order valence-electron chi connectivity index (χ2n) is 5.51. The number of aromatic hydroxyl groups is 2. The van der Waals surface area contributed by atoms with Gasteiger partial charge in [0, 0.05) is 24.7 Å². The predicted octanol–water partition coefficient (Wildman–Crippen LogP) is 1.22. The molecule has 104 valence electrons. The van der Waals surface area contributed by atoms with Crippen molar-refractivity contribution < 1.29 is 15.0 Å². The molecule has 1 fully saturated rings. The van der Waals surface area contributed by atoms with Gasteiger partial charge in [-0.1, -0.05) is 6.92 Å². The van der Waals surface area contributed by atoms with Crippen molar-refractivity contribution in [2.45, 2.75) is 19.8 Å². The fourth-order valence-electron chi connectivity index (χ4n) is 2.39. The maximum Gasteiger partial charge on any atom is 0.251 e. The first-order valence-electron chi connectivity index (χ1n) is 6.50. The molecular weight excluding hydrogens is 244 g/mol. The molecule has 0 aromatic heterocycles. The van der Waals surface area contributed by atoms with E-state index in [4.69, 9.17) is 0 Å². The average Bonchev–Trinajstić information content (AvgIpc) is 2.36. The number of carbonyl (C=O) groups excluding carboxylic acids is 1. The zero-order valence-corrected chi connectivity index (χ0v) is 11.1. The molecule has 1 aromatic rings. The summed E-state index contributed by atoms with van der Waals surface area (Å²) in [7, 11) is 0. The van der Waals surface area contributed by atoms with Gasteiger partial charge in [0.1, 0.15) is 11.5 Å². The fraction of sp³-hybridized carbons (Fsp3) is 0.500. The smallest absolute Gasteiger partial charge is 0.251 e.